The van der Waals surface area contributed by atoms with Crippen molar-refractivity contribution >= 4 is 33.4 Å². The Balaban J connectivity index is 2.18. The average Bonchev–Trinajstić information content (AvgIpc) is 2.42. The lowest BCUT2D eigenvalue weighted by molar-refractivity contribution is -0.120. The number of para-hydroxylation sites is 1. The third-order valence-corrected chi connectivity index (χ3v) is 3.05. The summed E-state index contributed by atoms with van der Waals surface area (Å²) in [5.74, 6) is 6.26. The van der Waals surface area contributed by atoms with Crippen molar-refractivity contribution < 1.29 is 9.53 Å². The Kier molecular flexibility index (Phi) is 8.11. The van der Waals surface area contributed by atoms with Crippen molar-refractivity contribution in [3.8, 4) is 17.6 Å². The van der Waals surface area contributed by atoms with Crippen LogP contribution in [0.2, 0.25) is 5.02 Å². The van der Waals surface area contributed by atoms with E-state index in [1.54, 1.807) is 12.1 Å². The first kappa shape index (κ1) is 15.9. The number of halogens is 2. The van der Waals surface area contributed by atoms with E-state index in [-0.39, 0.29) is 12.5 Å². The quantitative estimate of drug-likeness (QED) is 0.636. The molecule has 0 fully saturated rings. The van der Waals surface area contributed by atoms with E-state index in [4.69, 9.17) is 16.3 Å². The fourth-order valence-electron chi connectivity index (χ4n) is 1.25. The lowest BCUT2D eigenvalue weighted by atomic mass is 10.3. The second-order valence-corrected chi connectivity index (χ2v) is 4.84. The summed E-state index contributed by atoms with van der Waals surface area (Å²) in [4.78, 5) is 11.3. The van der Waals surface area contributed by atoms with Crippen LogP contribution in [0.15, 0.2) is 24.3 Å². The number of ether oxygens (including phenoxy) is 1. The zero-order valence-corrected chi connectivity index (χ0v) is 12.8. The second kappa shape index (κ2) is 9.71. The number of hydrogen-bond donors (Lipinski definition) is 1. The lowest BCUT2D eigenvalue weighted by Gasteiger charge is -2.03. The van der Waals surface area contributed by atoms with Crippen LogP contribution in [0.4, 0.5) is 0 Å². The van der Waals surface area contributed by atoms with Gasteiger partial charge in [-0.15, -0.1) is 0 Å². The van der Waals surface area contributed by atoms with Crippen LogP contribution >= 0.6 is 27.5 Å². The molecule has 0 aliphatic carbocycles. The van der Waals surface area contributed by atoms with Crippen LogP contribution < -0.4 is 10.1 Å². The molecule has 1 aromatic carbocycles. The van der Waals surface area contributed by atoms with Crippen molar-refractivity contribution in [2.75, 3.05) is 18.5 Å². The van der Waals surface area contributed by atoms with E-state index in [0.29, 0.717) is 23.7 Å². The molecule has 1 amide bonds. The van der Waals surface area contributed by atoms with Crippen molar-refractivity contribution in [1.82, 2.24) is 5.32 Å². The number of nitrogens with one attached hydrogen (secondary N) is 1. The Morgan fingerprint density at radius 1 is 1.37 bits per heavy atom. The van der Waals surface area contributed by atoms with Gasteiger partial charge >= 0.3 is 0 Å². The maximum Gasteiger partial charge on any atom is 0.220 e. The molecule has 0 saturated carbocycles. The van der Waals surface area contributed by atoms with Gasteiger partial charge in [0.1, 0.15) is 12.4 Å². The molecular weight excluding hydrogens is 330 g/mol. The summed E-state index contributed by atoms with van der Waals surface area (Å²) < 4.78 is 5.38. The first-order valence-electron chi connectivity index (χ1n) is 5.89. The number of benzene rings is 1. The van der Waals surface area contributed by atoms with Crippen molar-refractivity contribution in [3.63, 3.8) is 0 Å². The van der Waals surface area contributed by atoms with Crippen molar-refractivity contribution in [3.05, 3.63) is 29.3 Å². The maximum absolute atomic E-state index is 11.3. The highest BCUT2D eigenvalue weighted by Crippen LogP contribution is 2.22. The summed E-state index contributed by atoms with van der Waals surface area (Å²) in [6, 6.07) is 7.22. The minimum absolute atomic E-state index is 0.0146. The number of carbonyl (C=O) groups excluding carboxylic acids is 1. The molecular formula is C14H15BrClNO2. The van der Waals surface area contributed by atoms with Crippen LogP contribution in [0.3, 0.4) is 0 Å². The molecule has 19 heavy (non-hydrogen) atoms. The highest BCUT2D eigenvalue weighted by Gasteiger charge is 1.98. The van der Waals surface area contributed by atoms with E-state index in [1.807, 2.05) is 12.1 Å². The van der Waals surface area contributed by atoms with Crippen LogP contribution in [0, 0.1) is 11.8 Å². The zero-order chi connectivity index (χ0) is 13.9. The van der Waals surface area contributed by atoms with E-state index in [0.717, 1.165) is 11.8 Å². The van der Waals surface area contributed by atoms with E-state index in [1.165, 1.54) is 0 Å². The normalized spacial score (nSPS) is 9.37. The molecule has 5 heteroatoms. The molecule has 102 valence electrons. The number of carbonyl (C=O) groups is 1. The first-order chi connectivity index (χ1) is 9.24. The number of alkyl halides is 1. The Bertz CT molecular complexity index is 468. The van der Waals surface area contributed by atoms with Crippen LogP contribution in [0.5, 0.6) is 5.75 Å². The summed E-state index contributed by atoms with van der Waals surface area (Å²) in [6.07, 6.45) is 1.35. The Hall–Kier alpha value is -1.18. The van der Waals surface area contributed by atoms with Gasteiger partial charge in [-0.2, -0.15) is 0 Å². The molecule has 1 rings (SSSR count). The SMILES string of the molecule is O=C(CCCBr)NCC#CCOc1ccccc1Cl. The lowest BCUT2D eigenvalue weighted by Crippen LogP contribution is -2.23. The minimum Gasteiger partial charge on any atom is -0.479 e. The number of rotatable bonds is 6. The van der Waals surface area contributed by atoms with E-state index in [2.05, 4.69) is 33.1 Å². The van der Waals surface area contributed by atoms with Crippen LogP contribution in [-0.4, -0.2) is 24.4 Å². The summed E-state index contributed by atoms with van der Waals surface area (Å²) in [5.41, 5.74) is 0. The van der Waals surface area contributed by atoms with Gasteiger partial charge in [-0.25, -0.2) is 0 Å². The van der Waals surface area contributed by atoms with Gasteiger partial charge in [0.05, 0.1) is 11.6 Å². The highest BCUT2D eigenvalue weighted by molar-refractivity contribution is 9.09. The first-order valence-corrected chi connectivity index (χ1v) is 7.39. The van der Waals surface area contributed by atoms with Crippen LogP contribution in [0.1, 0.15) is 12.8 Å². The van der Waals surface area contributed by atoms with E-state index >= 15 is 0 Å². The molecule has 0 unspecified atom stereocenters. The van der Waals surface area contributed by atoms with Gasteiger partial charge in [-0.05, 0) is 18.6 Å². The molecule has 0 radical (unpaired) electrons. The van der Waals surface area contributed by atoms with Crippen LogP contribution in [0.25, 0.3) is 0 Å². The highest BCUT2D eigenvalue weighted by atomic mass is 79.9. The van der Waals surface area contributed by atoms with Crippen molar-refractivity contribution in [2.45, 2.75) is 12.8 Å². The molecule has 0 aromatic heterocycles. The molecule has 0 heterocycles. The van der Waals surface area contributed by atoms with Gasteiger partial charge in [0.25, 0.3) is 0 Å². The predicted molar refractivity (Wildman–Crippen MR) is 80.8 cm³/mol. The molecule has 3 nitrogen and oxygen atoms in total. The summed E-state index contributed by atoms with van der Waals surface area (Å²) in [5, 5.41) is 4.11. The molecule has 0 bridgehead atoms. The number of amides is 1. The minimum atomic E-state index is 0.0146. The van der Waals surface area contributed by atoms with Crippen molar-refractivity contribution in [2.24, 2.45) is 0 Å². The fourth-order valence-corrected chi connectivity index (χ4v) is 1.72. The molecule has 1 N–H and O–H groups in total. The molecule has 0 spiro atoms. The van der Waals surface area contributed by atoms with Crippen LogP contribution in [-0.2, 0) is 4.79 Å². The molecule has 0 saturated heterocycles. The predicted octanol–water partition coefficient (Wildman–Crippen LogP) is 3.01. The molecule has 0 atom stereocenters. The molecule has 0 aliphatic heterocycles. The third kappa shape index (κ3) is 7.09. The summed E-state index contributed by atoms with van der Waals surface area (Å²) in [7, 11) is 0. The van der Waals surface area contributed by atoms with Crippen molar-refractivity contribution in [1.29, 1.82) is 0 Å². The second-order valence-electron chi connectivity index (χ2n) is 3.64. The Labute approximate surface area is 126 Å². The van der Waals surface area contributed by atoms with Gasteiger partial charge in [0.2, 0.25) is 5.91 Å². The summed E-state index contributed by atoms with van der Waals surface area (Å²) in [6.45, 7) is 0.591. The standard InChI is InChI=1S/C14H15BrClNO2/c15-9-5-8-14(18)17-10-3-4-11-19-13-7-2-1-6-12(13)16/h1-2,6-7H,5,8-11H2,(H,17,18). The molecule has 1 aromatic rings. The Morgan fingerprint density at radius 3 is 2.89 bits per heavy atom. The average molecular weight is 345 g/mol. The topological polar surface area (TPSA) is 38.3 Å². The van der Waals surface area contributed by atoms with Gasteiger partial charge in [0, 0.05) is 11.8 Å². The molecule has 0 aliphatic rings. The van der Waals surface area contributed by atoms with Gasteiger partial charge in [0.15, 0.2) is 0 Å². The maximum atomic E-state index is 11.3. The van der Waals surface area contributed by atoms with E-state index in [9.17, 15) is 4.79 Å². The smallest absolute Gasteiger partial charge is 0.220 e. The van der Waals surface area contributed by atoms with Gasteiger partial charge in [-0.1, -0.05) is 51.5 Å². The van der Waals surface area contributed by atoms with Gasteiger partial charge < -0.3 is 10.1 Å². The monoisotopic (exact) mass is 343 g/mol. The zero-order valence-electron chi connectivity index (χ0n) is 10.4. The third-order valence-electron chi connectivity index (χ3n) is 2.17. The van der Waals surface area contributed by atoms with E-state index < -0.39 is 0 Å². The fraction of sp³-hybridized carbons (Fsp3) is 0.357. The largest absolute Gasteiger partial charge is 0.479 e. The van der Waals surface area contributed by atoms with Gasteiger partial charge in [-0.3, -0.25) is 4.79 Å². The number of hydrogen-bond acceptors (Lipinski definition) is 2. The summed E-state index contributed by atoms with van der Waals surface area (Å²) >= 11 is 9.19. The Morgan fingerprint density at radius 2 is 2.16 bits per heavy atom.